The van der Waals surface area contributed by atoms with Crippen LogP contribution >= 0.6 is 0 Å². The van der Waals surface area contributed by atoms with Crippen LogP contribution in [0.2, 0.25) is 0 Å². The molecule has 0 aliphatic heterocycles. The average molecular weight is 603 g/mol. The van der Waals surface area contributed by atoms with Gasteiger partial charge >= 0.3 is 17.6 Å². The topological polar surface area (TPSA) is 184 Å². The number of benzene rings is 3. The first-order valence-corrected chi connectivity index (χ1v) is 13.8. The standard InChI is InChI=1S/C31H34N6O7/c1-5-42-26-16-21(12-15-25(26)43-18(2)17-41-4)27(34-22-13-10-20(11-14-22)28(32)33)29-35-31(40)37(36-29)24-9-7-6-8-23(24)30(39)44-19(3)38/h6-16,18,27,34H,5,17H2,1-4H3,(H3,32,33)(H,35,36,40). The fraction of sp³-hybridized carbons (Fsp3) is 0.258. The number of anilines is 1. The second-order valence-electron chi connectivity index (χ2n) is 9.72. The number of aromatic nitrogens is 3. The lowest BCUT2D eigenvalue weighted by atomic mass is 10.0. The number of nitrogens with zero attached hydrogens (tertiary/aromatic N) is 2. The minimum absolute atomic E-state index is 0.0162. The van der Waals surface area contributed by atoms with Gasteiger partial charge in [-0.2, -0.15) is 4.68 Å². The zero-order valence-electron chi connectivity index (χ0n) is 24.7. The average Bonchev–Trinajstić information content (AvgIpc) is 3.37. The second-order valence-corrected chi connectivity index (χ2v) is 9.72. The molecule has 13 heteroatoms. The number of nitrogens with two attached hydrogens (primary N) is 1. The Hall–Kier alpha value is -5.43. The summed E-state index contributed by atoms with van der Waals surface area (Å²) in [5, 5.41) is 15.6. The van der Waals surface area contributed by atoms with Crippen LogP contribution < -0.4 is 26.2 Å². The molecule has 0 amide bonds. The second kappa shape index (κ2) is 14.2. The van der Waals surface area contributed by atoms with Crippen molar-refractivity contribution < 1.29 is 28.5 Å². The molecule has 230 valence electrons. The summed E-state index contributed by atoms with van der Waals surface area (Å²) in [5.41, 5.74) is 6.96. The summed E-state index contributed by atoms with van der Waals surface area (Å²) < 4.78 is 22.9. The van der Waals surface area contributed by atoms with Crippen LogP contribution in [0.5, 0.6) is 11.5 Å². The number of H-pyrrole nitrogens is 1. The molecule has 0 bridgehead atoms. The highest BCUT2D eigenvalue weighted by Crippen LogP contribution is 2.34. The molecule has 0 saturated carbocycles. The number of ether oxygens (including phenoxy) is 4. The highest BCUT2D eigenvalue weighted by atomic mass is 16.6. The van der Waals surface area contributed by atoms with E-state index in [2.05, 4.69) is 15.4 Å². The monoisotopic (exact) mass is 602 g/mol. The minimum atomic E-state index is -0.913. The molecule has 13 nitrogen and oxygen atoms in total. The van der Waals surface area contributed by atoms with Gasteiger partial charge in [-0.15, -0.1) is 5.10 Å². The summed E-state index contributed by atoms with van der Waals surface area (Å²) in [5.74, 6) is -0.562. The van der Waals surface area contributed by atoms with Crippen LogP contribution in [0, 0.1) is 5.41 Å². The highest BCUT2D eigenvalue weighted by Gasteiger charge is 2.24. The Morgan fingerprint density at radius 1 is 1.09 bits per heavy atom. The van der Waals surface area contributed by atoms with E-state index >= 15 is 0 Å². The molecule has 0 spiro atoms. The van der Waals surface area contributed by atoms with Crippen molar-refractivity contribution in [2.24, 2.45) is 5.73 Å². The van der Waals surface area contributed by atoms with E-state index in [1.165, 1.54) is 12.1 Å². The van der Waals surface area contributed by atoms with E-state index in [4.69, 9.17) is 30.1 Å². The van der Waals surface area contributed by atoms with Crippen molar-refractivity contribution in [1.82, 2.24) is 14.8 Å². The molecule has 0 radical (unpaired) electrons. The van der Waals surface area contributed by atoms with Crippen molar-refractivity contribution in [2.75, 3.05) is 25.6 Å². The first-order valence-electron chi connectivity index (χ1n) is 13.8. The molecule has 3 aromatic carbocycles. The maximum Gasteiger partial charge on any atom is 0.348 e. The van der Waals surface area contributed by atoms with Crippen LogP contribution in [0.3, 0.4) is 0 Å². The minimum Gasteiger partial charge on any atom is -0.490 e. The molecule has 4 rings (SSSR count). The third kappa shape index (κ3) is 7.50. The van der Waals surface area contributed by atoms with E-state index < -0.39 is 23.7 Å². The van der Waals surface area contributed by atoms with Gasteiger partial charge in [0.15, 0.2) is 17.3 Å². The number of amidine groups is 1. The number of nitrogen functional groups attached to an aromatic ring is 1. The van der Waals surface area contributed by atoms with Crippen molar-refractivity contribution >= 4 is 23.5 Å². The van der Waals surface area contributed by atoms with Crippen LogP contribution in [0.1, 0.15) is 54.1 Å². The smallest absolute Gasteiger partial charge is 0.348 e. The number of methoxy groups -OCH3 is 1. The molecule has 0 aliphatic carbocycles. The zero-order valence-corrected chi connectivity index (χ0v) is 24.7. The Labute approximate surface area is 253 Å². The molecule has 4 aromatic rings. The number of aromatic amines is 1. The van der Waals surface area contributed by atoms with Gasteiger partial charge in [-0.3, -0.25) is 15.2 Å². The molecule has 44 heavy (non-hydrogen) atoms. The summed E-state index contributed by atoms with van der Waals surface area (Å²) in [7, 11) is 1.59. The first kappa shape index (κ1) is 31.5. The zero-order chi connectivity index (χ0) is 31.8. The summed E-state index contributed by atoms with van der Waals surface area (Å²) in [6.07, 6.45) is -0.236. The van der Waals surface area contributed by atoms with E-state index in [1.54, 1.807) is 55.6 Å². The van der Waals surface area contributed by atoms with Crippen LogP contribution in [0.4, 0.5) is 5.69 Å². The predicted molar refractivity (Wildman–Crippen MR) is 163 cm³/mol. The molecule has 0 fully saturated rings. The van der Waals surface area contributed by atoms with E-state index in [1.807, 2.05) is 19.9 Å². The molecule has 2 atom stereocenters. The number of esters is 2. The third-order valence-corrected chi connectivity index (χ3v) is 6.33. The molecule has 5 N–H and O–H groups in total. The van der Waals surface area contributed by atoms with Gasteiger partial charge < -0.3 is 30.0 Å². The Morgan fingerprint density at radius 2 is 1.82 bits per heavy atom. The van der Waals surface area contributed by atoms with E-state index in [0.717, 1.165) is 11.6 Å². The van der Waals surface area contributed by atoms with Crippen molar-refractivity contribution in [2.45, 2.75) is 32.9 Å². The van der Waals surface area contributed by atoms with Gasteiger partial charge in [-0.1, -0.05) is 18.2 Å². The molecule has 1 heterocycles. The van der Waals surface area contributed by atoms with E-state index in [0.29, 0.717) is 41.5 Å². The quantitative estimate of drug-likeness (QED) is 0.0764. The number of nitrogens with one attached hydrogen (secondary N) is 3. The van der Waals surface area contributed by atoms with E-state index in [-0.39, 0.29) is 29.0 Å². The molecule has 0 saturated heterocycles. The maximum atomic E-state index is 13.3. The number of carbonyl (C=O) groups is 2. The summed E-state index contributed by atoms with van der Waals surface area (Å²) in [4.78, 5) is 40.1. The van der Waals surface area contributed by atoms with Gasteiger partial charge in [0.2, 0.25) is 0 Å². The first-order chi connectivity index (χ1) is 21.1. The van der Waals surface area contributed by atoms with E-state index in [9.17, 15) is 14.4 Å². The lowest BCUT2D eigenvalue weighted by molar-refractivity contribution is -0.135. The summed E-state index contributed by atoms with van der Waals surface area (Å²) in [6, 6.07) is 17.7. The van der Waals surface area contributed by atoms with Gasteiger partial charge in [0.05, 0.1) is 24.5 Å². The van der Waals surface area contributed by atoms with Gasteiger partial charge in [-0.25, -0.2) is 9.59 Å². The normalized spacial score (nSPS) is 12.2. The Bertz CT molecular complexity index is 1700. The molecule has 2 unspecified atom stereocenters. The van der Waals surface area contributed by atoms with Crippen molar-refractivity contribution in [3.63, 3.8) is 0 Å². The number of rotatable bonds is 13. The molecular weight excluding hydrogens is 568 g/mol. The van der Waals surface area contributed by atoms with Crippen LogP contribution in [0.15, 0.2) is 71.5 Å². The highest BCUT2D eigenvalue weighted by molar-refractivity contribution is 5.99. The maximum absolute atomic E-state index is 13.3. The fourth-order valence-corrected chi connectivity index (χ4v) is 4.43. The van der Waals surface area contributed by atoms with Crippen LogP contribution in [0.25, 0.3) is 5.69 Å². The number of hydrogen-bond acceptors (Lipinski definition) is 10. The van der Waals surface area contributed by atoms with Crippen LogP contribution in [-0.2, 0) is 14.3 Å². The Balaban J connectivity index is 1.80. The van der Waals surface area contributed by atoms with Crippen molar-refractivity contribution in [3.8, 4) is 17.2 Å². The number of carbonyl (C=O) groups excluding carboxylic acids is 2. The lowest BCUT2D eigenvalue weighted by Crippen LogP contribution is -2.20. The van der Waals surface area contributed by atoms with Gasteiger partial charge in [-0.05, 0) is 67.9 Å². The summed E-state index contributed by atoms with van der Waals surface area (Å²) in [6.45, 7) is 5.61. The summed E-state index contributed by atoms with van der Waals surface area (Å²) >= 11 is 0. The number of para-hydroxylation sites is 1. The fourth-order valence-electron chi connectivity index (χ4n) is 4.43. The largest absolute Gasteiger partial charge is 0.490 e. The van der Waals surface area contributed by atoms with Crippen LogP contribution in [-0.4, -0.2) is 59.0 Å². The molecule has 1 aromatic heterocycles. The van der Waals surface area contributed by atoms with Crippen molar-refractivity contribution in [1.29, 1.82) is 5.41 Å². The molecular formula is C31H34N6O7. The third-order valence-electron chi connectivity index (χ3n) is 6.33. The number of hydrogen-bond donors (Lipinski definition) is 4. The SMILES string of the molecule is CCOc1cc(C(Nc2ccc(C(=N)N)cc2)c2nn(-c3ccccc3C(=O)OC(C)=O)c(=O)[nH]2)ccc1OC(C)COC. The van der Waals surface area contributed by atoms with Gasteiger partial charge in [0, 0.05) is 25.3 Å². The predicted octanol–water partition coefficient (Wildman–Crippen LogP) is 3.56. The lowest BCUT2D eigenvalue weighted by Gasteiger charge is -2.21. The molecule has 0 aliphatic rings. The Morgan fingerprint density at radius 3 is 2.48 bits per heavy atom. The van der Waals surface area contributed by atoms with Gasteiger partial charge in [0.25, 0.3) is 0 Å². The van der Waals surface area contributed by atoms with Gasteiger partial charge in [0.1, 0.15) is 18.0 Å². The van der Waals surface area contributed by atoms with Crippen molar-refractivity contribution in [3.05, 3.63) is 99.7 Å². The Kier molecular flexibility index (Phi) is 10.1.